The summed E-state index contributed by atoms with van der Waals surface area (Å²) in [5, 5.41) is 0. The number of carbonyl (C=O) groups excluding carboxylic acids is 2. The molecule has 6 nitrogen and oxygen atoms in total. The number of sulfonamides is 1. The van der Waals surface area contributed by atoms with Crippen LogP contribution in [0.1, 0.15) is 34.3 Å². The lowest BCUT2D eigenvalue weighted by atomic mass is 9.98. The van der Waals surface area contributed by atoms with Crippen LogP contribution in [0.25, 0.3) is 0 Å². The molecule has 31 heavy (non-hydrogen) atoms. The molecule has 2 aromatic carbocycles. The molecule has 1 saturated heterocycles. The van der Waals surface area contributed by atoms with Crippen LogP contribution in [0.5, 0.6) is 0 Å². The second-order valence-corrected chi connectivity index (χ2v) is 9.51. The van der Waals surface area contributed by atoms with Gasteiger partial charge in [-0.1, -0.05) is 17.7 Å². The van der Waals surface area contributed by atoms with Crippen molar-refractivity contribution in [2.75, 3.05) is 19.7 Å². The Balaban J connectivity index is 1.58. The number of ether oxygens (including phenoxy) is 1. The van der Waals surface area contributed by atoms with Gasteiger partial charge in [-0.3, -0.25) is 9.59 Å². The van der Waals surface area contributed by atoms with Crippen molar-refractivity contribution < 1.29 is 31.5 Å². The lowest BCUT2D eigenvalue weighted by Crippen LogP contribution is -2.41. The maximum absolute atomic E-state index is 13.9. The number of hydrogen-bond acceptors (Lipinski definition) is 5. The Bertz CT molecular complexity index is 1110. The summed E-state index contributed by atoms with van der Waals surface area (Å²) < 4.78 is 58.8. The van der Waals surface area contributed by atoms with Crippen LogP contribution in [0.15, 0.2) is 41.3 Å². The van der Waals surface area contributed by atoms with Gasteiger partial charge in [-0.05, 0) is 56.5 Å². The van der Waals surface area contributed by atoms with Gasteiger partial charge in [0.1, 0.15) is 16.5 Å². The number of rotatable bonds is 6. The molecule has 166 valence electrons. The molecule has 0 unspecified atom stereocenters. The molecule has 0 aliphatic carbocycles. The summed E-state index contributed by atoms with van der Waals surface area (Å²) in [6, 6.07) is 7.69. The van der Waals surface area contributed by atoms with Gasteiger partial charge in [0.15, 0.2) is 6.61 Å². The van der Waals surface area contributed by atoms with Gasteiger partial charge in [-0.15, -0.1) is 0 Å². The quantitative estimate of drug-likeness (QED) is 0.497. The third-order valence-electron chi connectivity index (χ3n) is 5.34. The molecule has 0 aromatic heterocycles. The minimum Gasteiger partial charge on any atom is -0.457 e. The molecule has 3 rings (SSSR count). The van der Waals surface area contributed by atoms with E-state index in [1.54, 1.807) is 13.0 Å². The molecule has 0 N–H and O–H groups in total. The smallest absolute Gasteiger partial charge is 0.309 e. The third-order valence-corrected chi connectivity index (χ3v) is 7.25. The highest BCUT2D eigenvalue weighted by molar-refractivity contribution is 7.89. The predicted molar refractivity (Wildman–Crippen MR) is 109 cm³/mol. The molecule has 1 aliphatic rings. The van der Waals surface area contributed by atoms with Crippen molar-refractivity contribution >= 4 is 21.8 Å². The van der Waals surface area contributed by atoms with E-state index in [0.29, 0.717) is 11.6 Å². The van der Waals surface area contributed by atoms with E-state index in [-0.39, 0.29) is 31.7 Å². The van der Waals surface area contributed by atoms with E-state index in [2.05, 4.69) is 0 Å². The zero-order chi connectivity index (χ0) is 22.8. The van der Waals surface area contributed by atoms with Crippen molar-refractivity contribution in [2.45, 2.75) is 31.6 Å². The molecule has 0 atom stereocenters. The van der Waals surface area contributed by atoms with Crippen molar-refractivity contribution in [2.24, 2.45) is 5.92 Å². The van der Waals surface area contributed by atoms with Crippen LogP contribution in [0.2, 0.25) is 0 Å². The SMILES string of the molecule is Cc1ccc(C)c(C(=O)COC(=O)C2CCN(S(=O)(=O)c3cc(F)ccc3F)CC2)c1. The second-order valence-electron chi connectivity index (χ2n) is 7.60. The largest absolute Gasteiger partial charge is 0.457 e. The van der Waals surface area contributed by atoms with E-state index in [1.165, 1.54) is 0 Å². The summed E-state index contributed by atoms with van der Waals surface area (Å²) in [7, 11) is -4.22. The number of carbonyl (C=O) groups is 2. The fourth-order valence-electron chi connectivity index (χ4n) is 3.51. The number of esters is 1. The van der Waals surface area contributed by atoms with Crippen LogP contribution in [0, 0.1) is 31.4 Å². The molecule has 1 fully saturated rings. The summed E-state index contributed by atoms with van der Waals surface area (Å²) in [5.41, 5.74) is 2.20. The first kappa shape index (κ1) is 23.0. The Morgan fingerprint density at radius 2 is 1.74 bits per heavy atom. The summed E-state index contributed by atoms with van der Waals surface area (Å²) >= 11 is 0. The van der Waals surface area contributed by atoms with Crippen LogP contribution in [0.3, 0.4) is 0 Å². The number of hydrogen-bond donors (Lipinski definition) is 0. The van der Waals surface area contributed by atoms with Crippen LogP contribution >= 0.6 is 0 Å². The van der Waals surface area contributed by atoms with Gasteiger partial charge in [-0.25, -0.2) is 17.2 Å². The Kier molecular flexibility index (Phi) is 6.86. The first-order valence-electron chi connectivity index (χ1n) is 9.82. The Morgan fingerprint density at radius 1 is 1.06 bits per heavy atom. The Hall–Kier alpha value is -2.65. The monoisotopic (exact) mass is 451 g/mol. The lowest BCUT2D eigenvalue weighted by molar-refractivity contribution is -0.148. The standard InChI is InChI=1S/C22H23F2NO5S/c1-14-3-4-15(2)18(11-14)20(26)13-30-22(27)16-7-9-25(10-8-16)31(28,29)21-12-17(23)5-6-19(21)24/h3-6,11-12,16H,7-10,13H2,1-2H3. The van der Waals surface area contributed by atoms with E-state index in [9.17, 15) is 26.8 Å². The zero-order valence-electron chi connectivity index (χ0n) is 17.2. The van der Waals surface area contributed by atoms with Crippen LogP contribution in [-0.4, -0.2) is 44.2 Å². The number of aryl methyl sites for hydroxylation is 2. The van der Waals surface area contributed by atoms with Gasteiger partial charge >= 0.3 is 5.97 Å². The molecule has 1 heterocycles. The minimum absolute atomic E-state index is 0.0387. The van der Waals surface area contributed by atoms with Gasteiger partial charge in [0.05, 0.1) is 5.92 Å². The first-order valence-corrected chi connectivity index (χ1v) is 11.3. The normalized spacial score (nSPS) is 15.6. The van der Waals surface area contributed by atoms with Crippen molar-refractivity contribution in [3.63, 3.8) is 0 Å². The van der Waals surface area contributed by atoms with Crippen LogP contribution in [0.4, 0.5) is 8.78 Å². The fraction of sp³-hybridized carbons (Fsp3) is 0.364. The molecule has 0 spiro atoms. The Morgan fingerprint density at radius 3 is 2.42 bits per heavy atom. The van der Waals surface area contributed by atoms with Gasteiger partial charge in [0, 0.05) is 18.7 Å². The van der Waals surface area contributed by atoms with Gasteiger partial charge < -0.3 is 4.74 Å². The van der Waals surface area contributed by atoms with Crippen molar-refractivity contribution in [1.82, 2.24) is 4.31 Å². The number of Topliss-reactive ketones (excluding diaryl/α,β-unsaturated/α-hetero) is 1. The summed E-state index contributed by atoms with van der Waals surface area (Å²) in [5.74, 6) is -3.35. The zero-order valence-corrected chi connectivity index (χ0v) is 18.0. The van der Waals surface area contributed by atoms with Gasteiger partial charge in [-0.2, -0.15) is 4.31 Å². The van der Waals surface area contributed by atoms with Crippen molar-refractivity contribution in [3.8, 4) is 0 Å². The number of ketones is 1. The van der Waals surface area contributed by atoms with Gasteiger partial charge in [0.25, 0.3) is 0 Å². The second kappa shape index (κ2) is 9.23. The Labute approximate surface area is 179 Å². The highest BCUT2D eigenvalue weighted by Crippen LogP contribution is 2.26. The summed E-state index contributed by atoms with van der Waals surface area (Å²) in [4.78, 5) is 24.0. The molecular formula is C22H23F2NO5S. The van der Waals surface area contributed by atoms with Crippen LogP contribution < -0.4 is 0 Å². The van der Waals surface area contributed by atoms with E-state index in [4.69, 9.17) is 4.74 Å². The maximum Gasteiger partial charge on any atom is 0.309 e. The van der Waals surface area contributed by atoms with Crippen molar-refractivity contribution in [3.05, 3.63) is 64.7 Å². The van der Waals surface area contributed by atoms with E-state index in [1.807, 2.05) is 19.1 Å². The van der Waals surface area contributed by atoms with E-state index < -0.39 is 45.0 Å². The summed E-state index contributed by atoms with van der Waals surface area (Å²) in [6.45, 7) is 3.19. The highest BCUT2D eigenvalue weighted by Gasteiger charge is 2.34. The third kappa shape index (κ3) is 5.16. The highest BCUT2D eigenvalue weighted by atomic mass is 32.2. The first-order chi connectivity index (χ1) is 14.6. The molecule has 0 saturated carbocycles. The molecule has 2 aromatic rings. The predicted octanol–water partition coefficient (Wildman–Crippen LogP) is 3.41. The minimum atomic E-state index is -4.22. The number of halogens is 2. The molecule has 0 radical (unpaired) electrons. The van der Waals surface area contributed by atoms with E-state index in [0.717, 1.165) is 27.6 Å². The number of nitrogens with zero attached hydrogens (tertiary/aromatic N) is 1. The van der Waals surface area contributed by atoms with E-state index >= 15 is 0 Å². The number of benzene rings is 2. The van der Waals surface area contributed by atoms with Gasteiger partial charge in [0.2, 0.25) is 15.8 Å². The lowest BCUT2D eigenvalue weighted by Gasteiger charge is -2.30. The molecule has 0 amide bonds. The van der Waals surface area contributed by atoms with Crippen molar-refractivity contribution in [1.29, 1.82) is 0 Å². The summed E-state index contributed by atoms with van der Waals surface area (Å²) in [6.07, 6.45) is 0.319. The average molecular weight is 451 g/mol. The molecular weight excluding hydrogens is 428 g/mol. The number of piperidine rings is 1. The topological polar surface area (TPSA) is 80.8 Å². The molecule has 0 bridgehead atoms. The molecule has 9 heteroatoms. The maximum atomic E-state index is 13.9. The fourth-order valence-corrected chi connectivity index (χ4v) is 5.06. The average Bonchev–Trinajstić information content (AvgIpc) is 2.75. The van der Waals surface area contributed by atoms with Crippen LogP contribution in [-0.2, 0) is 19.6 Å². The molecule has 1 aliphatic heterocycles.